The van der Waals surface area contributed by atoms with Gasteiger partial charge >= 0.3 is 0 Å². The van der Waals surface area contributed by atoms with E-state index in [2.05, 4.69) is 18.0 Å². The highest BCUT2D eigenvalue weighted by Gasteiger charge is 2.15. The number of benzene rings is 3. The van der Waals surface area contributed by atoms with E-state index >= 15 is 0 Å². The quantitative estimate of drug-likeness (QED) is 0.244. The highest BCUT2D eigenvalue weighted by molar-refractivity contribution is 7.19. The molecule has 0 amide bonds. The Hall–Kier alpha value is -4.21. The Labute approximate surface area is 202 Å². The van der Waals surface area contributed by atoms with E-state index in [-0.39, 0.29) is 0 Å². The number of thiazole rings is 1. The number of hydrogen-bond acceptors (Lipinski definition) is 5. The number of aromatic nitrogens is 3. The van der Waals surface area contributed by atoms with E-state index in [1.165, 1.54) is 11.3 Å². The van der Waals surface area contributed by atoms with E-state index in [0.717, 1.165) is 44.9 Å². The molecule has 0 bridgehead atoms. The average Bonchev–Trinajstić information content (AvgIpc) is 3.51. The van der Waals surface area contributed by atoms with Crippen LogP contribution in [0.15, 0.2) is 85.1 Å². The number of nitriles is 1. The minimum atomic E-state index is 0.512. The van der Waals surface area contributed by atoms with Crippen molar-refractivity contribution in [1.82, 2.24) is 14.8 Å². The van der Waals surface area contributed by atoms with Crippen molar-refractivity contribution in [2.24, 2.45) is 0 Å². The van der Waals surface area contributed by atoms with Crippen LogP contribution < -0.4 is 4.74 Å². The number of nitrogens with zero attached hydrogens (tertiary/aromatic N) is 4. The number of rotatable bonds is 7. The fraction of sp³-hybridized carbons (Fsp3) is 0.107. The van der Waals surface area contributed by atoms with Crippen LogP contribution in [0.2, 0.25) is 0 Å². The zero-order chi connectivity index (χ0) is 23.3. The van der Waals surface area contributed by atoms with E-state index in [9.17, 15) is 5.26 Å². The zero-order valence-electron chi connectivity index (χ0n) is 18.7. The Morgan fingerprint density at radius 2 is 1.79 bits per heavy atom. The lowest BCUT2D eigenvalue weighted by Gasteiger charge is -2.05. The second kappa shape index (κ2) is 9.74. The van der Waals surface area contributed by atoms with E-state index in [1.54, 1.807) is 0 Å². The van der Waals surface area contributed by atoms with Crippen molar-refractivity contribution in [3.05, 3.63) is 95.6 Å². The second-order valence-corrected chi connectivity index (χ2v) is 8.77. The summed E-state index contributed by atoms with van der Waals surface area (Å²) in [6.45, 7) is 2.77. The van der Waals surface area contributed by atoms with Gasteiger partial charge in [-0.05, 0) is 61.0 Å². The molecule has 2 aromatic heterocycles. The van der Waals surface area contributed by atoms with Gasteiger partial charge < -0.3 is 4.74 Å². The van der Waals surface area contributed by atoms with Crippen LogP contribution in [0.1, 0.15) is 23.9 Å². The van der Waals surface area contributed by atoms with Gasteiger partial charge in [0, 0.05) is 17.3 Å². The molecule has 0 N–H and O–H groups in total. The maximum absolute atomic E-state index is 9.97. The normalized spacial score (nSPS) is 11.5. The van der Waals surface area contributed by atoms with E-state index in [4.69, 9.17) is 9.84 Å². The number of ether oxygens (including phenoxy) is 1. The smallest absolute Gasteiger partial charge is 0.135 e. The Morgan fingerprint density at radius 3 is 2.53 bits per heavy atom. The fourth-order valence-corrected chi connectivity index (χ4v) is 4.58. The molecule has 0 unspecified atom stereocenters. The number of fused-ring (bicyclic) bond motifs is 1. The molecule has 3 aromatic carbocycles. The fourth-order valence-electron chi connectivity index (χ4n) is 3.64. The molecule has 0 aliphatic rings. The summed E-state index contributed by atoms with van der Waals surface area (Å²) in [7, 11) is 0. The lowest BCUT2D eigenvalue weighted by atomic mass is 10.1. The van der Waals surface area contributed by atoms with Crippen LogP contribution >= 0.6 is 11.3 Å². The SMILES string of the molecule is CCCOc1ccc(-c2nn(-c3ccccc3)cc2/C=C(\C#N)c2nc3ccccc3s2)cc1. The first kappa shape index (κ1) is 21.6. The standard InChI is InChI=1S/C28H22N4OS/c1-2-16-33-24-14-12-20(13-15-24)27-22(19-32(31-27)23-8-4-3-5-9-23)17-21(18-29)28-30-25-10-6-7-11-26(25)34-28/h3-15,17,19H,2,16H2,1H3/b21-17+. The molecule has 0 spiro atoms. The van der Waals surface area contributed by atoms with Crippen molar-refractivity contribution in [1.29, 1.82) is 5.26 Å². The van der Waals surface area contributed by atoms with Gasteiger partial charge in [0.05, 0.1) is 33.8 Å². The molecule has 0 atom stereocenters. The van der Waals surface area contributed by atoms with Crippen molar-refractivity contribution in [2.75, 3.05) is 6.61 Å². The Morgan fingerprint density at radius 1 is 1.03 bits per heavy atom. The summed E-state index contributed by atoms with van der Waals surface area (Å²) in [6.07, 6.45) is 4.79. The lowest BCUT2D eigenvalue weighted by molar-refractivity contribution is 0.317. The van der Waals surface area contributed by atoms with Crippen molar-refractivity contribution in [3.8, 4) is 28.8 Å². The monoisotopic (exact) mass is 462 g/mol. The van der Waals surface area contributed by atoms with Gasteiger partial charge in [-0.25, -0.2) is 9.67 Å². The van der Waals surface area contributed by atoms with E-state index in [1.807, 2.05) is 95.8 Å². The Kier molecular flexibility index (Phi) is 6.19. The van der Waals surface area contributed by atoms with Crippen LogP contribution in [0, 0.1) is 11.3 Å². The molecule has 166 valence electrons. The lowest BCUT2D eigenvalue weighted by Crippen LogP contribution is -1.95. The Balaban J connectivity index is 1.59. The van der Waals surface area contributed by atoms with Gasteiger partial charge in [-0.1, -0.05) is 37.3 Å². The number of allylic oxidation sites excluding steroid dienone is 1. The third kappa shape index (κ3) is 4.47. The van der Waals surface area contributed by atoms with Crippen LogP contribution in [-0.2, 0) is 0 Å². The molecular weight excluding hydrogens is 440 g/mol. The van der Waals surface area contributed by atoms with Gasteiger partial charge in [-0.15, -0.1) is 11.3 Å². The molecule has 5 aromatic rings. The van der Waals surface area contributed by atoms with E-state index < -0.39 is 0 Å². The van der Waals surface area contributed by atoms with Crippen LogP contribution in [0.25, 0.3) is 38.8 Å². The molecule has 34 heavy (non-hydrogen) atoms. The average molecular weight is 463 g/mol. The largest absolute Gasteiger partial charge is 0.494 e. The third-order valence-electron chi connectivity index (χ3n) is 5.31. The van der Waals surface area contributed by atoms with Gasteiger partial charge in [0.15, 0.2) is 0 Å². The molecule has 0 aliphatic heterocycles. The first-order valence-electron chi connectivity index (χ1n) is 11.1. The summed E-state index contributed by atoms with van der Waals surface area (Å²) in [5, 5.41) is 15.5. The minimum absolute atomic E-state index is 0.512. The maximum atomic E-state index is 9.97. The predicted molar refractivity (Wildman–Crippen MR) is 138 cm³/mol. The van der Waals surface area contributed by atoms with Crippen LogP contribution in [0.3, 0.4) is 0 Å². The van der Waals surface area contributed by atoms with Gasteiger partial charge in [0.25, 0.3) is 0 Å². The molecule has 0 fully saturated rings. The first-order valence-corrected chi connectivity index (χ1v) is 11.9. The summed E-state index contributed by atoms with van der Waals surface area (Å²) in [6, 6.07) is 28.1. The highest BCUT2D eigenvalue weighted by Crippen LogP contribution is 2.32. The third-order valence-corrected chi connectivity index (χ3v) is 6.38. The number of hydrogen-bond donors (Lipinski definition) is 0. The van der Waals surface area contributed by atoms with Crippen LogP contribution in [-0.4, -0.2) is 21.4 Å². The summed E-state index contributed by atoms with van der Waals surface area (Å²) >= 11 is 1.52. The minimum Gasteiger partial charge on any atom is -0.494 e. The maximum Gasteiger partial charge on any atom is 0.135 e. The zero-order valence-corrected chi connectivity index (χ0v) is 19.5. The summed E-state index contributed by atoms with van der Waals surface area (Å²) in [4.78, 5) is 4.67. The van der Waals surface area contributed by atoms with Gasteiger partial charge in [-0.2, -0.15) is 10.4 Å². The highest BCUT2D eigenvalue weighted by atomic mass is 32.1. The Bertz CT molecular complexity index is 1460. The van der Waals surface area contributed by atoms with Crippen molar-refractivity contribution in [3.63, 3.8) is 0 Å². The molecular formula is C28H22N4OS. The molecule has 0 radical (unpaired) electrons. The van der Waals surface area contributed by atoms with Gasteiger partial charge in [0.2, 0.25) is 0 Å². The molecule has 5 rings (SSSR count). The topological polar surface area (TPSA) is 63.7 Å². The second-order valence-electron chi connectivity index (χ2n) is 7.74. The molecule has 0 saturated carbocycles. The van der Waals surface area contributed by atoms with Crippen molar-refractivity contribution in [2.45, 2.75) is 13.3 Å². The first-order chi connectivity index (χ1) is 16.7. The molecule has 5 nitrogen and oxygen atoms in total. The van der Waals surface area contributed by atoms with Gasteiger partial charge in [0.1, 0.15) is 16.8 Å². The summed E-state index contributed by atoms with van der Waals surface area (Å²) in [5.41, 5.74) is 4.95. The molecule has 0 aliphatic carbocycles. The van der Waals surface area contributed by atoms with Crippen LogP contribution in [0.4, 0.5) is 0 Å². The van der Waals surface area contributed by atoms with Gasteiger partial charge in [-0.3, -0.25) is 0 Å². The molecule has 6 heteroatoms. The van der Waals surface area contributed by atoms with Crippen molar-refractivity contribution >= 4 is 33.2 Å². The summed E-state index contributed by atoms with van der Waals surface area (Å²) in [5.74, 6) is 0.831. The molecule has 2 heterocycles. The van der Waals surface area contributed by atoms with Crippen LogP contribution in [0.5, 0.6) is 5.75 Å². The van der Waals surface area contributed by atoms with E-state index in [0.29, 0.717) is 17.2 Å². The predicted octanol–water partition coefficient (Wildman–Crippen LogP) is 7.00. The van der Waals surface area contributed by atoms with Crippen molar-refractivity contribution < 1.29 is 4.74 Å². The molecule has 0 saturated heterocycles. The number of para-hydroxylation sites is 2. The summed E-state index contributed by atoms with van der Waals surface area (Å²) < 4.78 is 8.63.